The fourth-order valence-corrected chi connectivity index (χ4v) is 1.93. The van der Waals surface area contributed by atoms with Crippen LogP contribution < -0.4 is 0 Å². The van der Waals surface area contributed by atoms with Crippen molar-refractivity contribution in [1.29, 1.82) is 0 Å². The van der Waals surface area contributed by atoms with Crippen LogP contribution >= 0.6 is 0 Å². The van der Waals surface area contributed by atoms with Gasteiger partial charge in [-0.15, -0.1) is 35.9 Å². The predicted octanol–water partition coefficient (Wildman–Crippen LogP) is 4.41. The average molecular weight is 424 g/mol. The molecule has 1 amide bonds. The molecule has 0 unspecified atom stereocenters. The summed E-state index contributed by atoms with van der Waals surface area (Å²) < 4.78 is 0. The van der Waals surface area contributed by atoms with E-state index in [4.69, 9.17) is 0 Å². The van der Waals surface area contributed by atoms with Gasteiger partial charge in [0.05, 0.1) is 0 Å². The molecule has 0 saturated heterocycles. The molecule has 0 saturated carbocycles. The summed E-state index contributed by atoms with van der Waals surface area (Å²) in [5.41, 5.74) is 0.609. The number of hydrogen-bond acceptors (Lipinski definition) is 3. The molecule has 1 aromatic carbocycles. The number of aromatic nitrogens is 2. The Morgan fingerprint density at radius 3 is 2.12 bits per heavy atom. The van der Waals surface area contributed by atoms with Gasteiger partial charge in [0.15, 0.2) is 0 Å². The molecule has 3 rings (SSSR count). The fraction of sp³-hybridized carbons (Fsp3) is 0.150. The number of nitrogens with zero attached hydrogens (tertiary/aromatic N) is 3. The molecule has 2 heterocycles. The van der Waals surface area contributed by atoms with Crippen LogP contribution in [0.25, 0.3) is 5.32 Å². The van der Waals surface area contributed by atoms with E-state index in [1.807, 2.05) is 56.3 Å². The predicted molar refractivity (Wildman–Crippen MR) is 94.5 cm³/mol. The first-order chi connectivity index (χ1) is 11.6. The number of amides is 1. The summed E-state index contributed by atoms with van der Waals surface area (Å²) in [6.07, 6.45) is 5.20. The van der Waals surface area contributed by atoms with Crippen molar-refractivity contribution in [2.45, 2.75) is 19.4 Å². The molecule has 0 bridgehead atoms. The van der Waals surface area contributed by atoms with Gasteiger partial charge in [0.25, 0.3) is 0 Å². The Balaban J connectivity index is 0.000000379. The summed E-state index contributed by atoms with van der Waals surface area (Å²) >= 11 is 0. The maximum atomic E-state index is 12.0. The molecule has 3 aromatic rings. The zero-order valence-electron chi connectivity index (χ0n) is 14.1. The van der Waals surface area contributed by atoms with Gasteiger partial charge in [-0.05, 0) is 30.2 Å². The first-order valence-electron chi connectivity index (χ1n) is 7.60. The van der Waals surface area contributed by atoms with E-state index in [1.165, 1.54) is 0 Å². The van der Waals surface area contributed by atoms with E-state index < -0.39 is 5.54 Å². The Morgan fingerprint density at radius 2 is 1.64 bits per heavy atom. The van der Waals surface area contributed by atoms with Gasteiger partial charge in [-0.1, -0.05) is 31.5 Å². The maximum absolute atomic E-state index is 12.0. The average Bonchev–Trinajstić information content (AvgIpc) is 2.65. The molecule has 2 aromatic heterocycles. The van der Waals surface area contributed by atoms with Crippen LogP contribution in [0.1, 0.15) is 29.9 Å². The summed E-state index contributed by atoms with van der Waals surface area (Å²) in [4.78, 5) is 20.0. The van der Waals surface area contributed by atoms with Crippen molar-refractivity contribution in [2.24, 2.45) is 0 Å². The summed E-state index contributed by atoms with van der Waals surface area (Å²) in [5.74, 6) is -0.272. The largest absolute Gasteiger partial charge is 2.00 e. The van der Waals surface area contributed by atoms with Gasteiger partial charge in [0, 0.05) is 24.3 Å². The second-order valence-corrected chi connectivity index (χ2v) is 5.49. The van der Waals surface area contributed by atoms with Gasteiger partial charge >= 0.3 is 20.4 Å². The molecule has 130 valence electrons. The number of benzene rings is 1. The molecule has 4 nitrogen and oxygen atoms in total. The van der Waals surface area contributed by atoms with Crippen LogP contribution in [0.5, 0.6) is 0 Å². The first-order valence-corrected chi connectivity index (χ1v) is 7.60. The molecule has 0 aliphatic heterocycles. The summed E-state index contributed by atoms with van der Waals surface area (Å²) in [6, 6.07) is 21.2. The zero-order valence-corrected chi connectivity index (χ0v) is 15.6. The van der Waals surface area contributed by atoms with E-state index in [9.17, 15) is 4.79 Å². The van der Waals surface area contributed by atoms with Crippen LogP contribution in [-0.4, -0.2) is 15.9 Å². The van der Waals surface area contributed by atoms with Crippen molar-refractivity contribution < 1.29 is 25.2 Å². The minimum absolute atomic E-state index is 0. The van der Waals surface area contributed by atoms with Crippen LogP contribution in [0.4, 0.5) is 0 Å². The molecule has 0 aliphatic rings. The number of rotatable bonds is 3. The molecule has 0 N–H and O–H groups in total. The molecule has 0 aliphatic carbocycles. The minimum Gasteiger partial charge on any atom is -0.685 e. The third-order valence-electron chi connectivity index (χ3n) is 3.18. The molecule has 0 atom stereocenters. The topological polar surface area (TPSA) is 57.0 Å². The van der Waals surface area contributed by atoms with Crippen LogP contribution in [0.2, 0.25) is 0 Å². The van der Waals surface area contributed by atoms with Crippen molar-refractivity contribution in [1.82, 2.24) is 9.97 Å². The fourth-order valence-electron chi connectivity index (χ4n) is 1.93. The van der Waals surface area contributed by atoms with Crippen molar-refractivity contribution in [3.05, 3.63) is 102 Å². The number of hydrogen-bond donors (Lipinski definition) is 0. The Kier molecular flexibility index (Phi) is 8.70. The Hall–Kier alpha value is -2.35. The van der Waals surface area contributed by atoms with Gasteiger partial charge < -0.3 is 10.1 Å². The molecule has 25 heavy (non-hydrogen) atoms. The van der Waals surface area contributed by atoms with E-state index in [2.05, 4.69) is 21.4 Å². The van der Waals surface area contributed by atoms with E-state index in [0.29, 0.717) is 5.56 Å². The molecule has 0 radical (unpaired) electrons. The van der Waals surface area contributed by atoms with E-state index in [-0.39, 0.29) is 26.3 Å². The maximum Gasteiger partial charge on any atom is 2.00 e. The molecular weight excluding hydrogens is 405 g/mol. The summed E-state index contributed by atoms with van der Waals surface area (Å²) in [6.45, 7) is 3.74. The minimum atomic E-state index is -0.637. The van der Waals surface area contributed by atoms with Crippen molar-refractivity contribution in [3.63, 3.8) is 0 Å². The molecule has 0 spiro atoms. The van der Waals surface area contributed by atoms with Gasteiger partial charge in [0.1, 0.15) is 0 Å². The summed E-state index contributed by atoms with van der Waals surface area (Å²) in [7, 11) is 0. The van der Waals surface area contributed by atoms with Crippen LogP contribution in [0.3, 0.4) is 0 Å². The number of carbonyl (C=O) groups is 1. The van der Waals surface area contributed by atoms with E-state index >= 15 is 0 Å². The SMILES string of the molecule is CC(C)([N-]C(=O)c1[c-]cccc1)c1ccccn1.[Pd+2].c1ccncc1. The van der Waals surface area contributed by atoms with Crippen LogP contribution in [0, 0.1) is 6.07 Å². The Morgan fingerprint density at radius 1 is 0.960 bits per heavy atom. The standard InChI is InChI=1S/C15H15N2O.C5H5N.Pd/c1-15(2,13-10-6-7-11-16-13)17-14(18)12-8-4-3-5-9-12;1-2-4-6-5-3-1;/h3-8,10-11H,1-2H3,(H,17,18);1-5H;/q-1;;+2/p-1. The van der Waals surface area contributed by atoms with E-state index in [0.717, 1.165) is 5.69 Å². The van der Waals surface area contributed by atoms with Gasteiger partial charge in [-0.3, -0.25) is 9.97 Å². The van der Waals surface area contributed by atoms with Crippen molar-refractivity contribution in [3.8, 4) is 0 Å². The first kappa shape index (κ1) is 20.7. The Bertz CT molecular complexity index is 708. The van der Waals surface area contributed by atoms with Gasteiger partial charge in [-0.25, -0.2) is 0 Å². The third kappa shape index (κ3) is 6.96. The number of pyridine rings is 2. The summed E-state index contributed by atoms with van der Waals surface area (Å²) in [5, 5.41) is 4.22. The normalized spacial score (nSPS) is 9.84. The zero-order chi connectivity index (χ0) is 17.3. The van der Waals surface area contributed by atoms with Crippen LogP contribution in [-0.2, 0) is 26.0 Å². The monoisotopic (exact) mass is 423 g/mol. The molecular formula is C20H19N3OPd. The van der Waals surface area contributed by atoms with Crippen LogP contribution in [0.15, 0.2) is 79.3 Å². The third-order valence-corrected chi connectivity index (χ3v) is 3.18. The van der Waals surface area contributed by atoms with E-state index in [1.54, 1.807) is 36.8 Å². The Labute approximate surface area is 162 Å². The van der Waals surface area contributed by atoms with Crippen molar-refractivity contribution >= 4 is 5.91 Å². The number of carbonyl (C=O) groups excluding carboxylic acids is 1. The second kappa shape index (κ2) is 10.5. The second-order valence-electron chi connectivity index (χ2n) is 5.49. The van der Waals surface area contributed by atoms with Crippen molar-refractivity contribution in [2.75, 3.05) is 0 Å². The van der Waals surface area contributed by atoms with Gasteiger partial charge in [-0.2, -0.15) is 0 Å². The van der Waals surface area contributed by atoms with Gasteiger partial charge in [0.2, 0.25) is 0 Å². The quantitative estimate of drug-likeness (QED) is 0.463. The molecule has 5 heteroatoms. The molecule has 0 fully saturated rings. The smallest absolute Gasteiger partial charge is 0.685 e.